The third kappa shape index (κ3) is 2.19. The Labute approximate surface area is 134 Å². The topological polar surface area (TPSA) is 42.7 Å². The van der Waals surface area contributed by atoms with Crippen molar-refractivity contribution in [3.05, 3.63) is 17.3 Å². The lowest BCUT2D eigenvalue weighted by atomic mass is 9.95. The number of aryl methyl sites for hydroxylation is 3. The summed E-state index contributed by atoms with van der Waals surface area (Å²) in [7, 11) is 2.04. The molecule has 1 aliphatic carbocycles. The molecule has 0 radical (unpaired) electrons. The molecule has 5 heteroatoms. The zero-order valence-electron chi connectivity index (χ0n) is 13.4. The van der Waals surface area contributed by atoms with Crippen molar-refractivity contribution in [2.45, 2.75) is 52.0 Å². The zero-order chi connectivity index (χ0) is 15.3. The van der Waals surface area contributed by atoms with E-state index in [1.807, 2.05) is 11.7 Å². The minimum absolute atomic E-state index is 0.577. The first-order valence-corrected chi connectivity index (χ1v) is 8.95. The van der Waals surface area contributed by atoms with Crippen LogP contribution in [0.25, 0.3) is 20.4 Å². The minimum atomic E-state index is 0.577. The Bertz CT molecular complexity index is 839. The quantitative estimate of drug-likeness (QED) is 0.755. The summed E-state index contributed by atoms with van der Waals surface area (Å²) >= 11 is 1.77. The van der Waals surface area contributed by atoms with Gasteiger partial charge in [-0.15, -0.1) is 11.3 Å². The van der Waals surface area contributed by atoms with Gasteiger partial charge in [0.05, 0.1) is 10.2 Å². The van der Waals surface area contributed by atoms with E-state index in [1.165, 1.54) is 53.3 Å². The molecule has 1 N–H and O–H groups in total. The van der Waals surface area contributed by atoms with Gasteiger partial charge in [-0.1, -0.05) is 19.3 Å². The van der Waals surface area contributed by atoms with E-state index < -0.39 is 0 Å². The van der Waals surface area contributed by atoms with Crippen LogP contribution < -0.4 is 5.32 Å². The maximum atomic E-state index is 4.75. The summed E-state index contributed by atoms with van der Waals surface area (Å²) in [5, 5.41) is 9.70. The first kappa shape index (κ1) is 14.0. The molecule has 116 valence electrons. The van der Waals surface area contributed by atoms with E-state index in [9.17, 15) is 0 Å². The molecule has 4 rings (SSSR count). The summed E-state index contributed by atoms with van der Waals surface area (Å²) in [6.45, 7) is 4.24. The van der Waals surface area contributed by atoms with Crippen molar-refractivity contribution >= 4 is 37.6 Å². The van der Waals surface area contributed by atoms with Crippen molar-refractivity contribution in [1.29, 1.82) is 0 Å². The Kier molecular flexibility index (Phi) is 3.33. The van der Waals surface area contributed by atoms with E-state index in [2.05, 4.69) is 25.2 Å². The number of hydrogen-bond acceptors (Lipinski definition) is 4. The van der Waals surface area contributed by atoms with Gasteiger partial charge in [0.1, 0.15) is 4.83 Å². The smallest absolute Gasteiger partial charge is 0.166 e. The highest BCUT2D eigenvalue weighted by Crippen LogP contribution is 2.39. The number of fused-ring (bicyclic) bond motifs is 3. The summed E-state index contributed by atoms with van der Waals surface area (Å²) in [6, 6.07) is 2.74. The SMILES string of the molecule is Cc1cc(C)c2c(n1)sc1c(NC3CCCCC3)nn(C)c12. The van der Waals surface area contributed by atoms with Crippen LogP contribution in [0.1, 0.15) is 43.4 Å². The van der Waals surface area contributed by atoms with Gasteiger partial charge in [0, 0.05) is 24.2 Å². The first-order valence-electron chi connectivity index (χ1n) is 8.13. The Morgan fingerprint density at radius 3 is 2.77 bits per heavy atom. The number of nitrogens with zero attached hydrogens (tertiary/aromatic N) is 3. The van der Waals surface area contributed by atoms with Crippen molar-refractivity contribution in [2.24, 2.45) is 7.05 Å². The van der Waals surface area contributed by atoms with Crippen LogP contribution in [0.5, 0.6) is 0 Å². The van der Waals surface area contributed by atoms with Crippen molar-refractivity contribution in [1.82, 2.24) is 14.8 Å². The molecule has 3 heterocycles. The zero-order valence-corrected chi connectivity index (χ0v) is 14.3. The van der Waals surface area contributed by atoms with Gasteiger partial charge in [0.15, 0.2) is 5.82 Å². The summed E-state index contributed by atoms with van der Waals surface area (Å²) in [5.41, 5.74) is 3.61. The highest BCUT2D eigenvalue weighted by atomic mass is 32.1. The molecule has 4 nitrogen and oxygen atoms in total. The monoisotopic (exact) mass is 314 g/mol. The molecule has 3 aromatic rings. The van der Waals surface area contributed by atoms with E-state index in [0.29, 0.717) is 6.04 Å². The van der Waals surface area contributed by atoms with Crippen LogP contribution in [0.3, 0.4) is 0 Å². The van der Waals surface area contributed by atoms with Gasteiger partial charge >= 0.3 is 0 Å². The fourth-order valence-electron chi connectivity index (χ4n) is 3.67. The Balaban J connectivity index is 1.84. The van der Waals surface area contributed by atoms with Gasteiger partial charge in [0.2, 0.25) is 0 Å². The average Bonchev–Trinajstić information content (AvgIpc) is 2.99. The Hall–Kier alpha value is -1.62. The molecule has 1 saturated carbocycles. The molecule has 0 aromatic carbocycles. The number of rotatable bonds is 2. The van der Waals surface area contributed by atoms with Crippen molar-refractivity contribution in [3.63, 3.8) is 0 Å². The highest BCUT2D eigenvalue weighted by Gasteiger charge is 2.21. The van der Waals surface area contributed by atoms with Crippen LogP contribution in [0.15, 0.2) is 6.07 Å². The van der Waals surface area contributed by atoms with Gasteiger partial charge in [0.25, 0.3) is 0 Å². The molecule has 3 aromatic heterocycles. The average molecular weight is 314 g/mol. The number of hydrogen-bond donors (Lipinski definition) is 1. The molecule has 1 fully saturated rings. The lowest BCUT2D eigenvalue weighted by Gasteiger charge is -2.22. The number of anilines is 1. The summed E-state index contributed by atoms with van der Waals surface area (Å²) < 4.78 is 3.27. The van der Waals surface area contributed by atoms with Crippen molar-refractivity contribution in [3.8, 4) is 0 Å². The molecule has 0 bridgehead atoms. The lowest BCUT2D eigenvalue weighted by Crippen LogP contribution is -2.22. The molecule has 0 atom stereocenters. The molecule has 0 spiro atoms. The number of aromatic nitrogens is 3. The molecular formula is C17H22N4S. The minimum Gasteiger partial charge on any atom is -0.365 e. The van der Waals surface area contributed by atoms with E-state index in [1.54, 1.807) is 11.3 Å². The number of nitrogens with one attached hydrogen (secondary N) is 1. The predicted octanol–water partition coefficient (Wildman–Crippen LogP) is 4.54. The second-order valence-electron chi connectivity index (χ2n) is 6.49. The molecule has 0 saturated heterocycles. The van der Waals surface area contributed by atoms with Crippen LogP contribution in [-0.2, 0) is 7.05 Å². The maximum Gasteiger partial charge on any atom is 0.166 e. The van der Waals surface area contributed by atoms with Gasteiger partial charge in [-0.2, -0.15) is 5.10 Å². The summed E-state index contributed by atoms with van der Waals surface area (Å²) in [5.74, 6) is 1.05. The van der Waals surface area contributed by atoms with Gasteiger partial charge in [-0.05, 0) is 38.3 Å². The molecular weight excluding hydrogens is 292 g/mol. The summed E-state index contributed by atoms with van der Waals surface area (Å²) in [4.78, 5) is 5.86. The molecule has 1 aliphatic rings. The van der Waals surface area contributed by atoms with Gasteiger partial charge in [-0.3, -0.25) is 4.68 Å². The van der Waals surface area contributed by atoms with Gasteiger partial charge in [-0.25, -0.2) is 4.98 Å². The lowest BCUT2D eigenvalue weighted by molar-refractivity contribution is 0.461. The number of pyridine rings is 1. The van der Waals surface area contributed by atoms with Gasteiger partial charge < -0.3 is 5.32 Å². The van der Waals surface area contributed by atoms with Crippen LogP contribution in [-0.4, -0.2) is 20.8 Å². The standard InChI is InChI=1S/C17H22N4S/c1-10-9-11(2)18-17-13(10)14-15(22-17)16(20-21(14)3)19-12-7-5-4-6-8-12/h9,12H,4-8H2,1-3H3,(H,19,20). The fraction of sp³-hybridized carbons (Fsp3) is 0.529. The number of thiophene rings is 1. The van der Waals surface area contributed by atoms with Crippen LogP contribution >= 0.6 is 11.3 Å². The fourth-order valence-corrected chi connectivity index (χ4v) is 4.94. The normalized spacial score (nSPS) is 16.7. The Morgan fingerprint density at radius 2 is 2.00 bits per heavy atom. The van der Waals surface area contributed by atoms with Crippen LogP contribution in [0, 0.1) is 13.8 Å². The van der Waals surface area contributed by atoms with E-state index in [0.717, 1.165) is 16.3 Å². The van der Waals surface area contributed by atoms with Crippen LogP contribution in [0.2, 0.25) is 0 Å². The largest absolute Gasteiger partial charge is 0.365 e. The third-order valence-electron chi connectivity index (χ3n) is 4.70. The van der Waals surface area contributed by atoms with E-state index >= 15 is 0 Å². The van der Waals surface area contributed by atoms with E-state index in [4.69, 9.17) is 10.1 Å². The van der Waals surface area contributed by atoms with Crippen molar-refractivity contribution < 1.29 is 0 Å². The molecule has 0 aliphatic heterocycles. The Morgan fingerprint density at radius 1 is 1.23 bits per heavy atom. The third-order valence-corrected chi connectivity index (χ3v) is 5.78. The van der Waals surface area contributed by atoms with Crippen molar-refractivity contribution in [2.75, 3.05) is 5.32 Å². The highest BCUT2D eigenvalue weighted by molar-refractivity contribution is 7.26. The molecule has 0 amide bonds. The maximum absolute atomic E-state index is 4.75. The second-order valence-corrected chi connectivity index (χ2v) is 7.49. The molecule has 0 unspecified atom stereocenters. The summed E-state index contributed by atoms with van der Waals surface area (Å²) in [6.07, 6.45) is 6.57. The molecule has 22 heavy (non-hydrogen) atoms. The first-order chi connectivity index (χ1) is 10.6. The van der Waals surface area contributed by atoms with Crippen LogP contribution in [0.4, 0.5) is 5.82 Å². The predicted molar refractivity (Wildman–Crippen MR) is 93.9 cm³/mol. The second kappa shape index (κ2) is 5.23. The van der Waals surface area contributed by atoms with E-state index in [-0.39, 0.29) is 0 Å².